The molecule has 0 saturated carbocycles. The van der Waals surface area contributed by atoms with Crippen LogP contribution in [0, 0.1) is 0 Å². The molecule has 26 heavy (non-hydrogen) atoms. The number of carbonyl (C=O) groups is 2. The van der Waals surface area contributed by atoms with Crippen LogP contribution < -0.4 is 10.6 Å². The zero-order valence-electron chi connectivity index (χ0n) is 16.1. The van der Waals surface area contributed by atoms with Gasteiger partial charge in [-0.05, 0) is 58.3 Å². The minimum atomic E-state index is -0.569. The lowest BCUT2D eigenvalue weighted by Gasteiger charge is -2.41. The zero-order valence-corrected chi connectivity index (χ0v) is 16.1. The Hall–Kier alpha value is -2.14. The third-order valence-corrected chi connectivity index (χ3v) is 4.89. The molecule has 1 heterocycles. The second-order valence-electron chi connectivity index (χ2n) is 7.55. The normalized spacial score (nSPS) is 17.0. The first kappa shape index (κ1) is 20.2. The van der Waals surface area contributed by atoms with Crippen LogP contribution in [-0.4, -0.2) is 47.9 Å². The summed E-state index contributed by atoms with van der Waals surface area (Å²) < 4.78 is 0. The number of nitrogens with zero attached hydrogens (tertiary/aromatic N) is 1. The topological polar surface area (TPSA) is 61.4 Å². The van der Waals surface area contributed by atoms with Crippen molar-refractivity contribution in [3.8, 4) is 0 Å². The van der Waals surface area contributed by atoms with Gasteiger partial charge in [0.1, 0.15) is 6.04 Å². The van der Waals surface area contributed by atoms with E-state index in [9.17, 15) is 9.59 Å². The molecule has 1 atom stereocenters. The predicted molar refractivity (Wildman–Crippen MR) is 106 cm³/mol. The third kappa shape index (κ3) is 6.30. The third-order valence-electron chi connectivity index (χ3n) is 4.89. The summed E-state index contributed by atoms with van der Waals surface area (Å²) in [5.74, 6) is -0.427. The molecular formula is C21H31N3O2. The Bertz CT molecular complexity index is 619. The van der Waals surface area contributed by atoms with Crippen molar-refractivity contribution in [1.29, 1.82) is 0 Å². The van der Waals surface area contributed by atoms with Crippen LogP contribution in [0.4, 0.5) is 0 Å². The fourth-order valence-electron chi connectivity index (χ4n) is 3.13. The maximum Gasteiger partial charge on any atom is 0.244 e. The number of piperidine rings is 1. The maximum atomic E-state index is 12.3. The van der Waals surface area contributed by atoms with Gasteiger partial charge < -0.3 is 10.6 Å². The summed E-state index contributed by atoms with van der Waals surface area (Å²) in [5.41, 5.74) is 0.871. The van der Waals surface area contributed by atoms with E-state index in [4.69, 9.17) is 0 Å². The highest BCUT2D eigenvalue weighted by Crippen LogP contribution is 2.19. The van der Waals surface area contributed by atoms with Crippen molar-refractivity contribution in [3.63, 3.8) is 0 Å². The quantitative estimate of drug-likeness (QED) is 0.738. The van der Waals surface area contributed by atoms with Gasteiger partial charge in [-0.2, -0.15) is 0 Å². The molecule has 1 saturated heterocycles. The number of hydrogen-bond donors (Lipinski definition) is 2. The highest BCUT2D eigenvalue weighted by molar-refractivity contribution is 5.95. The maximum absolute atomic E-state index is 12.3. The number of likely N-dealkylation sites (tertiary alicyclic amines) is 1. The smallest absolute Gasteiger partial charge is 0.244 e. The Kier molecular flexibility index (Phi) is 7.39. The highest BCUT2D eigenvalue weighted by atomic mass is 16.2. The SMILES string of the molecule is CC(NC(=O)C=Cc1ccccc1)C(=O)NCC(C)(C)N1CCCCC1. The summed E-state index contributed by atoms with van der Waals surface area (Å²) in [7, 11) is 0. The Morgan fingerprint density at radius 1 is 1.15 bits per heavy atom. The second kappa shape index (κ2) is 9.53. The number of amides is 2. The van der Waals surface area contributed by atoms with E-state index >= 15 is 0 Å². The van der Waals surface area contributed by atoms with Crippen LogP contribution in [0.2, 0.25) is 0 Å². The summed E-state index contributed by atoms with van der Waals surface area (Å²) in [6, 6.07) is 9.02. The van der Waals surface area contributed by atoms with E-state index in [2.05, 4.69) is 29.4 Å². The zero-order chi connectivity index (χ0) is 19.0. The molecule has 1 fully saturated rings. The van der Waals surface area contributed by atoms with E-state index in [1.807, 2.05) is 30.3 Å². The predicted octanol–water partition coefficient (Wildman–Crippen LogP) is 2.59. The van der Waals surface area contributed by atoms with Gasteiger partial charge in [0, 0.05) is 18.2 Å². The molecule has 0 aliphatic carbocycles. The Morgan fingerprint density at radius 3 is 2.46 bits per heavy atom. The summed E-state index contributed by atoms with van der Waals surface area (Å²) in [4.78, 5) is 26.7. The van der Waals surface area contributed by atoms with Crippen molar-refractivity contribution in [2.24, 2.45) is 0 Å². The lowest BCUT2D eigenvalue weighted by Crippen LogP contribution is -2.55. The highest BCUT2D eigenvalue weighted by Gasteiger charge is 2.28. The van der Waals surface area contributed by atoms with Crippen LogP contribution in [0.15, 0.2) is 36.4 Å². The van der Waals surface area contributed by atoms with Crippen molar-refractivity contribution < 1.29 is 9.59 Å². The molecule has 2 rings (SSSR count). The van der Waals surface area contributed by atoms with Gasteiger partial charge in [0.05, 0.1) is 0 Å². The van der Waals surface area contributed by atoms with Crippen LogP contribution in [0.1, 0.15) is 45.6 Å². The van der Waals surface area contributed by atoms with E-state index < -0.39 is 6.04 Å². The van der Waals surface area contributed by atoms with Crippen LogP contribution in [0.25, 0.3) is 6.08 Å². The van der Waals surface area contributed by atoms with Gasteiger partial charge in [0.25, 0.3) is 0 Å². The lowest BCUT2D eigenvalue weighted by molar-refractivity contribution is -0.127. The molecule has 2 N–H and O–H groups in total. The van der Waals surface area contributed by atoms with Gasteiger partial charge >= 0.3 is 0 Å². The number of carbonyl (C=O) groups excluding carboxylic acids is 2. The van der Waals surface area contributed by atoms with Crippen molar-refractivity contribution in [1.82, 2.24) is 15.5 Å². The number of rotatable bonds is 7. The molecule has 1 aromatic rings. The number of hydrogen-bond acceptors (Lipinski definition) is 3. The molecule has 142 valence electrons. The van der Waals surface area contributed by atoms with Crippen LogP contribution in [0.3, 0.4) is 0 Å². The molecular weight excluding hydrogens is 326 g/mol. The van der Waals surface area contributed by atoms with E-state index in [0.29, 0.717) is 6.54 Å². The Morgan fingerprint density at radius 2 is 1.81 bits per heavy atom. The van der Waals surface area contributed by atoms with Gasteiger partial charge in [-0.15, -0.1) is 0 Å². The van der Waals surface area contributed by atoms with Crippen LogP contribution in [0.5, 0.6) is 0 Å². The van der Waals surface area contributed by atoms with E-state index in [0.717, 1.165) is 18.7 Å². The fourth-order valence-corrected chi connectivity index (χ4v) is 3.13. The molecule has 5 heteroatoms. The van der Waals surface area contributed by atoms with Gasteiger partial charge in [0.15, 0.2) is 0 Å². The molecule has 1 unspecified atom stereocenters. The first-order valence-electron chi connectivity index (χ1n) is 9.45. The first-order chi connectivity index (χ1) is 12.4. The van der Waals surface area contributed by atoms with Crippen LogP contribution >= 0.6 is 0 Å². The molecule has 0 bridgehead atoms. The minimum Gasteiger partial charge on any atom is -0.352 e. The molecule has 1 aliphatic rings. The van der Waals surface area contributed by atoms with Crippen molar-refractivity contribution in [2.75, 3.05) is 19.6 Å². The van der Waals surface area contributed by atoms with E-state index in [1.165, 1.54) is 25.3 Å². The van der Waals surface area contributed by atoms with Crippen molar-refractivity contribution in [3.05, 3.63) is 42.0 Å². The fraction of sp³-hybridized carbons (Fsp3) is 0.524. The summed E-state index contributed by atoms with van der Waals surface area (Å²) in [6.45, 7) is 8.76. The Balaban J connectivity index is 1.77. The molecule has 5 nitrogen and oxygen atoms in total. The van der Waals surface area contributed by atoms with Gasteiger partial charge in [-0.25, -0.2) is 0 Å². The average molecular weight is 357 g/mol. The summed E-state index contributed by atoms with van der Waals surface area (Å²) in [5, 5.41) is 5.69. The average Bonchev–Trinajstić information content (AvgIpc) is 2.66. The minimum absolute atomic E-state index is 0.0764. The van der Waals surface area contributed by atoms with Crippen molar-refractivity contribution in [2.45, 2.75) is 51.6 Å². The summed E-state index contributed by atoms with van der Waals surface area (Å²) in [6.07, 6.45) is 6.92. The second-order valence-corrected chi connectivity index (χ2v) is 7.55. The van der Waals surface area contributed by atoms with Gasteiger partial charge in [-0.3, -0.25) is 14.5 Å². The van der Waals surface area contributed by atoms with Crippen molar-refractivity contribution >= 4 is 17.9 Å². The van der Waals surface area contributed by atoms with Gasteiger partial charge in [0.2, 0.25) is 11.8 Å². The van der Waals surface area contributed by atoms with E-state index in [-0.39, 0.29) is 17.4 Å². The van der Waals surface area contributed by atoms with Gasteiger partial charge in [-0.1, -0.05) is 36.8 Å². The largest absolute Gasteiger partial charge is 0.352 e. The molecule has 1 aromatic carbocycles. The molecule has 1 aliphatic heterocycles. The number of nitrogens with one attached hydrogen (secondary N) is 2. The lowest BCUT2D eigenvalue weighted by atomic mass is 9.98. The molecule has 2 amide bonds. The van der Waals surface area contributed by atoms with E-state index in [1.54, 1.807) is 13.0 Å². The van der Waals surface area contributed by atoms with Crippen LogP contribution in [-0.2, 0) is 9.59 Å². The molecule has 0 spiro atoms. The standard InChI is InChI=1S/C21H31N3O2/c1-17(23-19(25)13-12-18-10-6-4-7-11-18)20(26)22-16-21(2,3)24-14-8-5-9-15-24/h4,6-7,10-13,17H,5,8-9,14-16H2,1-3H3,(H,22,26)(H,23,25). The molecule has 0 aromatic heterocycles. The summed E-state index contributed by atoms with van der Waals surface area (Å²) >= 11 is 0. The first-order valence-corrected chi connectivity index (χ1v) is 9.45. The Labute approximate surface area is 156 Å². The monoisotopic (exact) mass is 357 g/mol. The molecule has 0 radical (unpaired) electrons. The number of benzene rings is 1.